The highest BCUT2D eigenvalue weighted by molar-refractivity contribution is 9.11. The lowest BCUT2D eigenvalue weighted by atomic mass is 10.4. The Bertz CT molecular complexity index is 528. The van der Waals surface area contributed by atoms with Gasteiger partial charge in [-0.2, -0.15) is 0 Å². The van der Waals surface area contributed by atoms with Crippen LogP contribution < -0.4 is 0 Å². The van der Waals surface area contributed by atoms with Gasteiger partial charge in [-0.3, -0.25) is 4.21 Å². The molecule has 17 heavy (non-hydrogen) atoms. The molecule has 2 aromatic heterocycles. The van der Waals surface area contributed by atoms with E-state index in [1.807, 2.05) is 25.3 Å². The molecule has 0 spiro atoms. The van der Waals surface area contributed by atoms with Crippen molar-refractivity contribution in [3.05, 3.63) is 38.1 Å². The molecule has 1 atom stereocenters. The molecule has 0 amide bonds. The van der Waals surface area contributed by atoms with Crippen LogP contribution >= 0.6 is 27.3 Å². The van der Waals surface area contributed by atoms with Crippen LogP contribution in [-0.4, -0.2) is 9.19 Å². The Hall–Kier alpha value is -0.460. The zero-order chi connectivity index (χ0) is 12.4. The van der Waals surface area contributed by atoms with Crippen molar-refractivity contribution < 1.29 is 8.63 Å². The summed E-state index contributed by atoms with van der Waals surface area (Å²) in [5.41, 5.74) is 1.95. The molecule has 0 aromatic carbocycles. The van der Waals surface area contributed by atoms with Gasteiger partial charge >= 0.3 is 0 Å². The molecule has 3 nitrogen and oxygen atoms in total. The molecule has 0 aliphatic heterocycles. The first-order valence-corrected chi connectivity index (χ1v) is 8.21. The maximum atomic E-state index is 11.9. The van der Waals surface area contributed by atoms with Gasteiger partial charge in [-0.05, 0) is 46.8 Å². The lowest BCUT2D eigenvalue weighted by Crippen LogP contribution is -1.98. The second-order valence-corrected chi connectivity index (χ2v) is 7.48. The summed E-state index contributed by atoms with van der Waals surface area (Å²) in [4.78, 5) is 4.23. The predicted octanol–water partition coefficient (Wildman–Crippen LogP) is 3.56. The largest absolute Gasteiger partial charge is 0.445 e. The number of hydrogen-bond donors (Lipinski definition) is 0. The van der Waals surface area contributed by atoms with Crippen molar-refractivity contribution in [3.8, 4) is 0 Å². The van der Waals surface area contributed by atoms with Crippen molar-refractivity contribution in [1.82, 2.24) is 4.98 Å². The van der Waals surface area contributed by atoms with Crippen molar-refractivity contribution in [1.29, 1.82) is 0 Å². The van der Waals surface area contributed by atoms with Crippen LogP contribution in [0.3, 0.4) is 0 Å². The summed E-state index contributed by atoms with van der Waals surface area (Å²) >= 11 is 4.99. The molecule has 92 valence electrons. The third-order valence-electron chi connectivity index (χ3n) is 2.31. The molecule has 0 saturated heterocycles. The summed E-state index contributed by atoms with van der Waals surface area (Å²) in [7, 11) is -0.974. The summed E-state index contributed by atoms with van der Waals surface area (Å²) < 4.78 is 18.4. The number of rotatable bonds is 4. The lowest BCUT2D eigenvalue weighted by molar-refractivity contribution is 0.487. The second kappa shape index (κ2) is 5.46. The van der Waals surface area contributed by atoms with Crippen LogP contribution in [0, 0.1) is 13.8 Å². The maximum Gasteiger partial charge on any atom is 0.207 e. The van der Waals surface area contributed by atoms with Gasteiger partial charge in [-0.25, -0.2) is 4.98 Å². The summed E-state index contributed by atoms with van der Waals surface area (Å²) in [5.74, 6) is 2.29. The van der Waals surface area contributed by atoms with Gasteiger partial charge in [-0.15, -0.1) is 11.3 Å². The minimum atomic E-state index is -0.974. The number of oxazole rings is 1. The fourth-order valence-corrected chi connectivity index (χ4v) is 3.75. The first-order chi connectivity index (χ1) is 8.04. The van der Waals surface area contributed by atoms with E-state index < -0.39 is 10.8 Å². The van der Waals surface area contributed by atoms with E-state index in [1.165, 1.54) is 0 Å². The van der Waals surface area contributed by atoms with Crippen molar-refractivity contribution in [2.75, 3.05) is 0 Å². The van der Waals surface area contributed by atoms with Crippen LogP contribution in [0.2, 0.25) is 0 Å². The van der Waals surface area contributed by atoms with Gasteiger partial charge in [-0.1, -0.05) is 0 Å². The molecule has 0 radical (unpaired) electrons. The normalized spacial score (nSPS) is 12.9. The number of aromatic nitrogens is 1. The Kier molecular flexibility index (Phi) is 4.17. The quantitative estimate of drug-likeness (QED) is 0.859. The minimum absolute atomic E-state index is 0.377. The van der Waals surface area contributed by atoms with Crippen molar-refractivity contribution in [2.24, 2.45) is 0 Å². The predicted molar refractivity (Wildman–Crippen MR) is 73.5 cm³/mol. The fourth-order valence-electron chi connectivity index (χ4n) is 1.40. The smallest absolute Gasteiger partial charge is 0.207 e. The van der Waals surface area contributed by atoms with E-state index in [1.54, 1.807) is 11.3 Å². The second-order valence-electron chi connectivity index (χ2n) is 3.74. The average molecular weight is 334 g/mol. The van der Waals surface area contributed by atoms with Gasteiger partial charge in [0, 0.05) is 16.6 Å². The molecule has 2 heterocycles. The maximum absolute atomic E-state index is 11.9. The SMILES string of the molecule is Cc1nc(C[S@@](=O)Cc2csc(Br)c2)oc1C. The first-order valence-electron chi connectivity index (χ1n) is 5.05. The van der Waals surface area contributed by atoms with E-state index in [0.29, 0.717) is 17.4 Å². The highest BCUT2D eigenvalue weighted by atomic mass is 79.9. The number of aryl methyl sites for hydroxylation is 2. The Labute approximate surface area is 115 Å². The molecule has 2 aromatic rings. The fraction of sp³-hybridized carbons (Fsp3) is 0.364. The van der Waals surface area contributed by atoms with Crippen molar-refractivity contribution >= 4 is 38.1 Å². The van der Waals surface area contributed by atoms with E-state index in [2.05, 4.69) is 20.9 Å². The standard InChI is InChI=1S/C11H12BrNO2S2/c1-7-8(2)15-11(13-7)6-17(14)5-9-3-10(12)16-4-9/h3-4H,5-6H2,1-2H3/t17-/m0/s1. The topological polar surface area (TPSA) is 43.1 Å². The van der Waals surface area contributed by atoms with Gasteiger partial charge in [0.2, 0.25) is 5.89 Å². The van der Waals surface area contributed by atoms with E-state index in [9.17, 15) is 4.21 Å². The zero-order valence-corrected chi connectivity index (χ0v) is 12.7. The molecule has 2 rings (SSSR count). The van der Waals surface area contributed by atoms with Crippen LogP contribution in [0.5, 0.6) is 0 Å². The Morgan fingerprint density at radius 2 is 2.24 bits per heavy atom. The van der Waals surface area contributed by atoms with Crippen LogP contribution in [0.1, 0.15) is 22.9 Å². The zero-order valence-electron chi connectivity index (χ0n) is 9.53. The molecule has 0 saturated carbocycles. The average Bonchev–Trinajstić information content (AvgIpc) is 2.75. The van der Waals surface area contributed by atoms with E-state index in [0.717, 1.165) is 20.8 Å². The van der Waals surface area contributed by atoms with Gasteiger partial charge < -0.3 is 4.42 Å². The summed E-state index contributed by atoms with van der Waals surface area (Å²) in [5, 5.41) is 2.01. The molecule has 0 aliphatic carbocycles. The third kappa shape index (κ3) is 3.50. The molecular formula is C11H12BrNO2S2. The summed E-state index contributed by atoms with van der Waals surface area (Å²) in [6, 6.07) is 1.99. The van der Waals surface area contributed by atoms with E-state index in [-0.39, 0.29) is 0 Å². The van der Waals surface area contributed by atoms with Crippen LogP contribution in [0.15, 0.2) is 19.6 Å². The lowest BCUT2D eigenvalue weighted by Gasteiger charge is -1.96. The minimum Gasteiger partial charge on any atom is -0.445 e. The van der Waals surface area contributed by atoms with Gasteiger partial charge in [0.05, 0.1) is 9.48 Å². The third-order valence-corrected chi connectivity index (χ3v) is 5.08. The molecule has 6 heteroatoms. The molecule has 0 aliphatic rings. The Morgan fingerprint density at radius 3 is 2.76 bits per heavy atom. The molecular weight excluding hydrogens is 322 g/mol. The van der Waals surface area contributed by atoms with Crippen LogP contribution in [0.4, 0.5) is 0 Å². The number of thiophene rings is 1. The molecule has 0 N–H and O–H groups in total. The Morgan fingerprint density at radius 1 is 1.47 bits per heavy atom. The highest BCUT2D eigenvalue weighted by Gasteiger charge is 2.11. The van der Waals surface area contributed by atoms with E-state index in [4.69, 9.17) is 4.42 Å². The molecule has 0 unspecified atom stereocenters. The monoisotopic (exact) mass is 333 g/mol. The Balaban J connectivity index is 1.97. The van der Waals surface area contributed by atoms with Crippen LogP contribution in [0.25, 0.3) is 0 Å². The molecule has 0 bridgehead atoms. The van der Waals surface area contributed by atoms with Gasteiger partial charge in [0.1, 0.15) is 11.5 Å². The van der Waals surface area contributed by atoms with Crippen molar-refractivity contribution in [2.45, 2.75) is 25.4 Å². The van der Waals surface area contributed by atoms with Gasteiger partial charge in [0.25, 0.3) is 0 Å². The van der Waals surface area contributed by atoms with Crippen molar-refractivity contribution in [3.63, 3.8) is 0 Å². The van der Waals surface area contributed by atoms with Crippen LogP contribution in [-0.2, 0) is 22.3 Å². The first kappa shape index (κ1) is 13.0. The summed E-state index contributed by atoms with van der Waals surface area (Å²) in [6.07, 6.45) is 0. The number of nitrogens with zero attached hydrogens (tertiary/aromatic N) is 1. The number of hydrogen-bond acceptors (Lipinski definition) is 4. The highest BCUT2D eigenvalue weighted by Crippen LogP contribution is 2.22. The summed E-state index contributed by atoms with van der Waals surface area (Å²) in [6.45, 7) is 3.76. The molecule has 0 fully saturated rings. The van der Waals surface area contributed by atoms with Gasteiger partial charge in [0.15, 0.2) is 0 Å². The van der Waals surface area contributed by atoms with E-state index >= 15 is 0 Å². The number of halogens is 1.